The lowest BCUT2D eigenvalue weighted by Crippen LogP contribution is -2.50. The van der Waals surface area contributed by atoms with Crippen LogP contribution >= 0.6 is 0 Å². The Bertz CT molecular complexity index is 1120. The monoisotopic (exact) mass is 487 g/mol. The molecule has 9 heteroatoms. The van der Waals surface area contributed by atoms with Crippen molar-refractivity contribution < 1.29 is 22.4 Å². The Hall–Kier alpha value is -2.78. The second kappa shape index (κ2) is 10.7. The number of piperazine rings is 1. The van der Waals surface area contributed by atoms with E-state index in [4.69, 9.17) is 0 Å². The third-order valence-electron chi connectivity index (χ3n) is 6.49. The van der Waals surface area contributed by atoms with Gasteiger partial charge in [0.05, 0.1) is 4.90 Å². The third kappa shape index (κ3) is 5.64. The van der Waals surface area contributed by atoms with E-state index in [9.17, 15) is 22.4 Å². The number of sulfonamides is 1. The van der Waals surface area contributed by atoms with Crippen molar-refractivity contribution >= 4 is 21.8 Å². The van der Waals surface area contributed by atoms with Crippen LogP contribution in [-0.2, 0) is 21.2 Å². The van der Waals surface area contributed by atoms with Crippen molar-refractivity contribution in [2.75, 3.05) is 39.3 Å². The summed E-state index contributed by atoms with van der Waals surface area (Å²) < 4.78 is 40.5. The molecule has 2 aliphatic rings. The van der Waals surface area contributed by atoms with Crippen molar-refractivity contribution in [2.24, 2.45) is 0 Å². The van der Waals surface area contributed by atoms with E-state index in [0.717, 1.165) is 24.8 Å². The lowest BCUT2D eigenvalue weighted by molar-refractivity contribution is -0.132. The number of benzene rings is 2. The van der Waals surface area contributed by atoms with E-state index in [0.29, 0.717) is 62.6 Å². The quantitative estimate of drug-likeness (QED) is 0.628. The normalized spacial score (nSPS) is 17.6. The molecule has 2 amide bonds. The van der Waals surface area contributed by atoms with Crippen LogP contribution in [0.3, 0.4) is 0 Å². The van der Waals surface area contributed by atoms with Crippen LogP contribution in [0.2, 0.25) is 0 Å². The zero-order valence-corrected chi connectivity index (χ0v) is 20.0. The summed E-state index contributed by atoms with van der Waals surface area (Å²) in [6.07, 6.45) is 3.69. The summed E-state index contributed by atoms with van der Waals surface area (Å²) in [5.41, 5.74) is 1.22. The molecule has 0 aliphatic carbocycles. The van der Waals surface area contributed by atoms with E-state index in [1.54, 1.807) is 44.4 Å². The number of halogens is 1. The van der Waals surface area contributed by atoms with Gasteiger partial charge in [0.25, 0.3) is 5.91 Å². The minimum Gasteiger partial charge on any atom is -0.339 e. The molecule has 2 aromatic rings. The number of hydrogen-bond acceptors (Lipinski definition) is 4. The topological polar surface area (TPSA) is 78.0 Å². The van der Waals surface area contributed by atoms with Crippen molar-refractivity contribution in [2.45, 2.75) is 37.0 Å². The van der Waals surface area contributed by atoms with Crippen LogP contribution in [0.15, 0.2) is 53.4 Å². The van der Waals surface area contributed by atoms with Crippen molar-refractivity contribution in [3.8, 4) is 0 Å². The predicted octanol–water partition coefficient (Wildman–Crippen LogP) is 2.92. The van der Waals surface area contributed by atoms with Gasteiger partial charge in [-0.3, -0.25) is 9.59 Å². The van der Waals surface area contributed by atoms with Crippen LogP contribution < -0.4 is 0 Å². The largest absolute Gasteiger partial charge is 0.339 e. The first-order valence-electron chi connectivity index (χ1n) is 11.8. The zero-order valence-electron chi connectivity index (χ0n) is 19.2. The Kier molecular flexibility index (Phi) is 7.63. The van der Waals surface area contributed by atoms with E-state index in [1.807, 2.05) is 0 Å². The minimum atomic E-state index is -3.46. The zero-order chi connectivity index (χ0) is 24.1. The molecule has 2 heterocycles. The lowest BCUT2D eigenvalue weighted by Gasteiger charge is -2.35. The van der Waals surface area contributed by atoms with Crippen LogP contribution in [0.25, 0.3) is 0 Å². The Balaban J connectivity index is 1.26. The fourth-order valence-electron chi connectivity index (χ4n) is 4.45. The molecule has 2 saturated heterocycles. The summed E-state index contributed by atoms with van der Waals surface area (Å²) in [6.45, 7) is 2.83. The standard InChI is InChI=1S/C25H30FN3O4S/c26-22-6-4-5-21(19-22)25(31)28-17-15-27(16-18-28)24(30)12-9-20-7-10-23(11-8-20)34(32,33)29-13-2-1-3-14-29/h4-8,10-11,19H,1-3,9,12-18H2. The molecule has 2 aliphatic heterocycles. The molecule has 0 aromatic heterocycles. The number of hydrogen-bond donors (Lipinski definition) is 0. The number of carbonyl (C=O) groups is 2. The molecule has 0 radical (unpaired) electrons. The van der Waals surface area contributed by atoms with Crippen molar-refractivity contribution in [1.82, 2.24) is 14.1 Å². The van der Waals surface area contributed by atoms with E-state index < -0.39 is 15.8 Å². The second-order valence-corrected chi connectivity index (χ2v) is 10.7. The molecule has 0 N–H and O–H groups in total. The second-order valence-electron chi connectivity index (χ2n) is 8.79. The maximum atomic E-state index is 13.4. The van der Waals surface area contributed by atoms with Crippen LogP contribution in [-0.4, -0.2) is 73.6 Å². The highest BCUT2D eigenvalue weighted by Crippen LogP contribution is 2.21. The van der Waals surface area contributed by atoms with E-state index in [2.05, 4.69) is 0 Å². The molecule has 4 rings (SSSR count). The fourth-order valence-corrected chi connectivity index (χ4v) is 5.97. The molecule has 2 aromatic carbocycles. The molecule has 0 spiro atoms. The molecular formula is C25H30FN3O4S. The van der Waals surface area contributed by atoms with Gasteiger partial charge in [0, 0.05) is 51.3 Å². The van der Waals surface area contributed by atoms with Gasteiger partial charge in [-0.15, -0.1) is 0 Å². The maximum Gasteiger partial charge on any atom is 0.254 e. The molecule has 0 atom stereocenters. The van der Waals surface area contributed by atoms with Gasteiger partial charge in [-0.25, -0.2) is 12.8 Å². The molecule has 2 fully saturated rings. The van der Waals surface area contributed by atoms with Crippen molar-refractivity contribution in [1.29, 1.82) is 0 Å². The van der Waals surface area contributed by atoms with Gasteiger partial charge >= 0.3 is 0 Å². The molecular weight excluding hydrogens is 457 g/mol. The van der Waals surface area contributed by atoms with E-state index in [1.165, 1.54) is 18.2 Å². The highest BCUT2D eigenvalue weighted by Gasteiger charge is 2.26. The summed E-state index contributed by atoms with van der Waals surface area (Å²) in [4.78, 5) is 28.9. The van der Waals surface area contributed by atoms with Crippen molar-refractivity contribution in [3.05, 3.63) is 65.5 Å². The van der Waals surface area contributed by atoms with Crippen molar-refractivity contribution in [3.63, 3.8) is 0 Å². The Morgan fingerprint density at radius 1 is 0.824 bits per heavy atom. The molecule has 0 saturated carbocycles. The predicted molar refractivity (Wildman–Crippen MR) is 126 cm³/mol. The average Bonchev–Trinajstić information content (AvgIpc) is 2.87. The average molecular weight is 488 g/mol. The van der Waals surface area contributed by atoms with Gasteiger partial charge in [0.1, 0.15) is 5.82 Å². The van der Waals surface area contributed by atoms with Gasteiger partial charge < -0.3 is 9.80 Å². The minimum absolute atomic E-state index is 0.00266. The SMILES string of the molecule is O=C(CCc1ccc(S(=O)(=O)N2CCCCC2)cc1)N1CCN(C(=O)c2cccc(F)c2)CC1. The van der Waals surface area contributed by atoms with Crippen LogP contribution in [0.4, 0.5) is 4.39 Å². The first-order valence-corrected chi connectivity index (χ1v) is 13.2. The van der Waals surface area contributed by atoms with Gasteiger partial charge in [0.2, 0.25) is 15.9 Å². The number of carbonyl (C=O) groups excluding carboxylic acids is 2. The molecule has 34 heavy (non-hydrogen) atoms. The first kappa shape index (κ1) is 24.3. The Morgan fingerprint density at radius 3 is 2.12 bits per heavy atom. The maximum absolute atomic E-state index is 13.4. The highest BCUT2D eigenvalue weighted by atomic mass is 32.2. The summed E-state index contributed by atoms with van der Waals surface area (Å²) in [6, 6.07) is 12.4. The summed E-state index contributed by atoms with van der Waals surface area (Å²) >= 11 is 0. The van der Waals surface area contributed by atoms with Gasteiger partial charge in [0.15, 0.2) is 0 Å². The number of amides is 2. The highest BCUT2D eigenvalue weighted by molar-refractivity contribution is 7.89. The number of aryl methyl sites for hydroxylation is 1. The molecule has 182 valence electrons. The van der Waals surface area contributed by atoms with Crippen LogP contribution in [0.5, 0.6) is 0 Å². The smallest absolute Gasteiger partial charge is 0.254 e. The van der Waals surface area contributed by atoms with E-state index >= 15 is 0 Å². The number of piperidine rings is 1. The van der Waals surface area contributed by atoms with Gasteiger partial charge in [-0.1, -0.05) is 24.6 Å². The Morgan fingerprint density at radius 2 is 1.47 bits per heavy atom. The Labute approximate surface area is 200 Å². The lowest BCUT2D eigenvalue weighted by atomic mass is 10.1. The number of nitrogens with zero attached hydrogens (tertiary/aromatic N) is 3. The third-order valence-corrected chi connectivity index (χ3v) is 8.41. The van der Waals surface area contributed by atoms with Crippen LogP contribution in [0.1, 0.15) is 41.6 Å². The molecule has 7 nitrogen and oxygen atoms in total. The summed E-state index contributed by atoms with van der Waals surface area (Å²) in [5, 5.41) is 0. The number of rotatable bonds is 6. The van der Waals surface area contributed by atoms with Gasteiger partial charge in [-0.05, 0) is 55.2 Å². The summed E-state index contributed by atoms with van der Waals surface area (Å²) in [5.74, 6) is -0.675. The molecule has 0 bridgehead atoms. The molecule has 0 unspecified atom stereocenters. The summed E-state index contributed by atoms with van der Waals surface area (Å²) in [7, 11) is -3.46. The fraction of sp³-hybridized carbons (Fsp3) is 0.440. The van der Waals surface area contributed by atoms with Crippen LogP contribution in [0, 0.1) is 5.82 Å². The van der Waals surface area contributed by atoms with E-state index in [-0.39, 0.29) is 11.8 Å². The van der Waals surface area contributed by atoms with Gasteiger partial charge in [-0.2, -0.15) is 4.31 Å². The first-order chi connectivity index (χ1) is 16.3.